The number of rotatable bonds is 6. The lowest BCUT2D eigenvalue weighted by molar-refractivity contribution is 0.0268. The minimum atomic E-state index is -0.0107. The molecule has 0 aromatic heterocycles. The van der Waals surface area contributed by atoms with Gasteiger partial charge in [-0.3, -0.25) is 0 Å². The van der Waals surface area contributed by atoms with Crippen molar-refractivity contribution in [3.05, 3.63) is 34.9 Å². The quantitative estimate of drug-likeness (QED) is 0.817. The molecule has 2 rings (SSSR count). The van der Waals surface area contributed by atoms with Crippen molar-refractivity contribution in [2.75, 3.05) is 26.4 Å². The first kappa shape index (κ1) is 15.8. The Labute approximate surface area is 126 Å². The van der Waals surface area contributed by atoms with Crippen LogP contribution in [-0.4, -0.2) is 32.5 Å². The van der Waals surface area contributed by atoms with Gasteiger partial charge in [-0.05, 0) is 44.4 Å². The molecule has 0 saturated carbocycles. The minimum Gasteiger partial charge on any atom is -0.381 e. The van der Waals surface area contributed by atoms with Crippen LogP contribution in [0.5, 0.6) is 0 Å². The lowest BCUT2D eigenvalue weighted by Gasteiger charge is -2.39. The van der Waals surface area contributed by atoms with Gasteiger partial charge >= 0.3 is 0 Å². The second-order valence-electron chi connectivity index (χ2n) is 5.55. The van der Waals surface area contributed by atoms with Crippen LogP contribution in [-0.2, 0) is 15.0 Å². The van der Waals surface area contributed by atoms with Crippen LogP contribution in [0.3, 0.4) is 0 Å². The number of hydrogen-bond donors (Lipinski definition) is 1. The van der Waals surface area contributed by atoms with E-state index in [-0.39, 0.29) is 11.6 Å². The molecule has 1 aromatic carbocycles. The molecule has 1 N–H and O–H groups in total. The van der Waals surface area contributed by atoms with Crippen molar-refractivity contribution in [3.63, 3.8) is 0 Å². The molecule has 1 heterocycles. The molecule has 0 bridgehead atoms. The normalized spacial score (nSPS) is 18.4. The molecule has 20 heavy (non-hydrogen) atoms. The number of halogens is 1. The number of hydrogen-bond acceptors (Lipinski definition) is 3. The highest BCUT2D eigenvalue weighted by atomic mass is 35.5. The van der Waals surface area contributed by atoms with E-state index in [4.69, 9.17) is 21.1 Å². The van der Waals surface area contributed by atoms with Gasteiger partial charge < -0.3 is 14.8 Å². The average molecular weight is 298 g/mol. The third kappa shape index (κ3) is 4.19. The predicted octanol–water partition coefficient (Wildman–Crippen LogP) is 3.36. The van der Waals surface area contributed by atoms with E-state index < -0.39 is 0 Å². The topological polar surface area (TPSA) is 30.5 Å². The van der Waals surface area contributed by atoms with Gasteiger partial charge in [-0.25, -0.2) is 0 Å². The minimum absolute atomic E-state index is 0.0107. The zero-order chi connectivity index (χ0) is 14.4. The van der Waals surface area contributed by atoms with Gasteiger partial charge in [0.15, 0.2) is 0 Å². The van der Waals surface area contributed by atoms with E-state index in [1.54, 1.807) is 0 Å². The second-order valence-corrected chi connectivity index (χ2v) is 5.98. The van der Waals surface area contributed by atoms with Gasteiger partial charge in [-0.1, -0.05) is 23.7 Å². The molecule has 0 unspecified atom stereocenters. The van der Waals surface area contributed by atoms with Crippen LogP contribution in [0.4, 0.5) is 0 Å². The van der Waals surface area contributed by atoms with E-state index in [0.29, 0.717) is 0 Å². The molecule has 1 aliphatic rings. The summed E-state index contributed by atoms with van der Waals surface area (Å²) < 4.78 is 11.1. The van der Waals surface area contributed by atoms with Crippen LogP contribution >= 0.6 is 11.6 Å². The summed E-state index contributed by atoms with van der Waals surface area (Å²) in [5.41, 5.74) is 1.28. The molecule has 112 valence electrons. The Morgan fingerprint density at radius 2 is 1.90 bits per heavy atom. The van der Waals surface area contributed by atoms with Crippen molar-refractivity contribution in [1.29, 1.82) is 0 Å². The van der Waals surface area contributed by atoms with Crippen molar-refractivity contribution in [2.45, 2.75) is 38.3 Å². The summed E-state index contributed by atoms with van der Waals surface area (Å²) in [6.07, 6.45) is 2.24. The predicted molar refractivity (Wildman–Crippen MR) is 82.3 cm³/mol. The molecule has 1 aromatic rings. The van der Waals surface area contributed by atoms with Gasteiger partial charge in [0.2, 0.25) is 0 Å². The van der Waals surface area contributed by atoms with Crippen molar-refractivity contribution in [3.8, 4) is 0 Å². The highest BCUT2D eigenvalue weighted by molar-refractivity contribution is 6.30. The molecule has 0 spiro atoms. The zero-order valence-electron chi connectivity index (χ0n) is 12.3. The molecule has 0 aliphatic carbocycles. The van der Waals surface area contributed by atoms with E-state index in [9.17, 15) is 0 Å². The Morgan fingerprint density at radius 1 is 1.25 bits per heavy atom. The molecular formula is C16H24ClNO2. The molecule has 1 fully saturated rings. The van der Waals surface area contributed by atoms with E-state index in [2.05, 4.69) is 31.3 Å². The molecule has 1 saturated heterocycles. The molecule has 0 radical (unpaired) electrons. The third-order valence-corrected chi connectivity index (χ3v) is 4.01. The smallest absolute Gasteiger partial charge is 0.0594 e. The van der Waals surface area contributed by atoms with Gasteiger partial charge in [-0.2, -0.15) is 0 Å². The van der Waals surface area contributed by atoms with Crippen LogP contribution in [0, 0.1) is 0 Å². The first-order valence-corrected chi connectivity index (χ1v) is 7.71. The molecule has 1 aliphatic heterocycles. The van der Waals surface area contributed by atoms with E-state index >= 15 is 0 Å². The van der Waals surface area contributed by atoms with E-state index in [1.807, 2.05) is 12.1 Å². The zero-order valence-corrected chi connectivity index (χ0v) is 13.1. The Morgan fingerprint density at radius 3 is 2.50 bits per heavy atom. The summed E-state index contributed by atoms with van der Waals surface area (Å²) in [6.45, 7) is 7.28. The Hall–Kier alpha value is -0.610. The summed E-state index contributed by atoms with van der Waals surface area (Å²) in [5, 5.41) is 4.46. The molecular weight excluding hydrogens is 274 g/mol. The maximum Gasteiger partial charge on any atom is 0.0594 e. The fourth-order valence-electron chi connectivity index (χ4n) is 2.64. The first-order valence-electron chi connectivity index (χ1n) is 7.33. The van der Waals surface area contributed by atoms with Crippen LogP contribution in [0.15, 0.2) is 24.3 Å². The van der Waals surface area contributed by atoms with Gasteiger partial charge in [0.1, 0.15) is 0 Å². The SMILES string of the molecule is CC(C)OCCNC1(c2ccc(Cl)cc2)CCOCC1. The summed E-state index contributed by atoms with van der Waals surface area (Å²) >= 11 is 5.99. The lowest BCUT2D eigenvalue weighted by atomic mass is 9.82. The van der Waals surface area contributed by atoms with Crippen molar-refractivity contribution < 1.29 is 9.47 Å². The number of nitrogens with one attached hydrogen (secondary N) is 1. The Balaban J connectivity index is 2.03. The van der Waals surface area contributed by atoms with E-state index in [0.717, 1.165) is 44.2 Å². The fourth-order valence-corrected chi connectivity index (χ4v) is 2.77. The van der Waals surface area contributed by atoms with E-state index in [1.165, 1.54) is 5.56 Å². The maximum atomic E-state index is 5.99. The molecule has 0 amide bonds. The lowest BCUT2D eigenvalue weighted by Crippen LogP contribution is -2.48. The number of benzene rings is 1. The van der Waals surface area contributed by atoms with Crippen LogP contribution in [0.2, 0.25) is 5.02 Å². The van der Waals surface area contributed by atoms with Crippen molar-refractivity contribution in [1.82, 2.24) is 5.32 Å². The first-order chi connectivity index (χ1) is 9.62. The Kier molecular flexibility index (Phi) is 5.85. The van der Waals surface area contributed by atoms with Gasteiger partial charge in [0, 0.05) is 30.3 Å². The molecule has 3 nitrogen and oxygen atoms in total. The monoisotopic (exact) mass is 297 g/mol. The van der Waals surface area contributed by atoms with Crippen molar-refractivity contribution in [2.24, 2.45) is 0 Å². The number of ether oxygens (including phenoxy) is 2. The summed E-state index contributed by atoms with van der Waals surface area (Å²) in [4.78, 5) is 0. The van der Waals surface area contributed by atoms with Crippen molar-refractivity contribution >= 4 is 11.6 Å². The highest BCUT2D eigenvalue weighted by Crippen LogP contribution is 2.32. The maximum absolute atomic E-state index is 5.99. The van der Waals surface area contributed by atoms with Gasteiger partial charge in [0.25, 0.3) is 0 Å². The standard InChI is InChI=1S/C16H24ClNO2/c1-13(2)20-12-9-18-16(7-10-19-11-8-16)14-3-5-15(17)6-4-14/h3-6,13,18H,7-12H2,1-2H3. The second kappa shape index (κ2) is 7.41. The summed E-state index contributed by atoms with van der Waals surface area (Å²) in [5.74, 6) is 0. The average Bonchev–Trinajstić information content (AvgIpc) is 2.45. The molecule has 0 atom stereocenters. The van der Waals surface area contributed by atoms with Gasteiger partial charge in [0.05, 0.1) is 12.7 Å². The Bertz CT molecular complexity index is 399. The summed E-state index contributed by atoms with van der Waals surface area (Å²) in [7, 11) is 0. The van der Waals surface area contributed by atoms with Crippen LogP contribution in [0.25, 0.3) is 0 Å². The van der Waals surface area contributed by atoms with Gasteiger partial charge in [-0.15, -0.1) is 0 Å². The van der Waals surface area contributed by atoms with Crippen LogP contribution in [0.1, 0.15) is 32.3 Å². The third-order valence-electron chi connectivity index (χ3n) is 3.76. The fraction of sp³-hybridized carbons (Fsp3) is 0.625. The molecule has 4 heteroatoms. The van der Waals surface area contributed by atoms with Crippen LogP contribution < -0.4 is 5.32 Å². The highest BCUT2D eigenvalue weighted by Gasteiger charge is 2.33. The summed E-state index contributed by atoms with van der Waals surface area (Å²) in [6, 6.07) is 8.15. The largest absolute Gasteiger partial charge is 0.381 e.